The van der Waals surface area contributed by atoms with Gasteiger partial charge in [0.25, 0.3) is 0 Å². The highest BCUT2D eigenvalue weighted by atomic mass is 16.5. The molecule has 0 saturated carbocycles. The van der Waals surface area contributed by atoms with Crippen molar-refractivity contribution in [3.63, 3.8) is 0 Å². The van der Waals surface area contributed by atoms with Gasteiger partial charge in [0.05, 0.1) is 24.4 Å². The summed E-state index contributed by atoms with van der Waals surface area (Å²) in [5.74, 6) is 1.40. The number of H-pyrrole nitrogens is 1. The number of fused-ring (bicyclic) bond motifs is 2. The molecule has 1 aliphatic heterocycles. The summed E-state index contributed by atoms with van der Waals surface area (Å²) in [6.07, 6.45) is 3.54. The molecule has 25 heavy (non-hydrogen) atoms. The quantitative estimate of drug-likeness (QED) is 0.505. The Morgan fingerprint density at radius 2 is 2.24 bits per heavy atom. The van der Waals surface area contributed by atoms with Crippen molar-refractivity contribution in [2.75, 3.05) is 13.2 Å². The van der Waals surface area contributed by atoms with E-state index in [0.717, 1.165) is 35.1 Å². The summed E-state index contributed by atoms with van der Waals surface area (Å²) in [5, 5.41) is 11.5. The van der Waals surface area contributed by atoms with Crippen molar-refractivity contribution in [1.29, 1.82) is 0 Å². The Morgan fingerprint density at radius 3 is 3.20 bits per heavy atom. The number of rotatable bonds is 4. The predicted octanol–water partition coefficient (Wildman–Crippen LogP) is 2.53. The Balaban J connectivity index is 1.37. The zero-order valence-electron chi connectivity index (χ0n) is 13.9. The van der Waals surface area contributed by atoms with Crippen LogP contribution in [0.15, 0.2) is 53.7 Å². The molecule has 6 nitrogen and oxygen atoms in total. The average Bonchev–Trinajstić information content (AvgIpc) is 3.10. The normalized spacial score (nSPS) is 17.1. The number of guanidine groups is 1. The second-order valence-corrected chi connectivity index (χ2v) is 6.18. The van der Waals surface area contributed by atoms with Crippen LogP contribution in [0, 0.1) is 0 Å². The molecule has 0 fully saturated rings. The number of nitrogens with one attached hydrogen (secondary N) is 2. The summed E-state index contributed by atoms with van der Waals surface area (Å²) >= 11 is 0. The molecule has 2 heterocycles. The molecule has 1 unspecified atom stereocenters. The van der Waals surface area contributed by atoms with Crippen molar-refractivity contribution in [3.8, 4) is 5.75 Å². The molecule has 0 bridgehead atoms. The summed E-state index contributed by atoms with van der Waals surface area (Å²) in [6, 6.07) is 14.5. The number of hydrogen-bond acceptors (Lipinski definition) is 3. The summed E-state index contributed by atoms with van der Waals surface area (Å²) in [4.78, 5) is 4.47. The van der Waals surface area contributed by atoms with Gasteiger partial charge in [-0.05, 0) is 24.1 Å². The minimum Gasteiger partial charge on any atom is -0.493 e. The zero-order chi connectivity index (χ0) is 17.1. The van der Waals surface area contributed by atoms with Crippen LogP contribution in [0.3, 0.4) is 0 Å². The number of aromatic nitrogens is 2. The summed E-state index contributed by atoms with van der Waals surface area (Å²) in [6.45, 7) is 1.33. The largest absolute Gasteiger partial charge is 0.493 e. The maximum atomic E-state index is 6.08. The second-order valence-electron chi connectivity index (χ2n) is 6.18. The highest BCUT2D eigenvalue weighted by Gasteiger charge is 2.21. The third-order valence-electron chi connectivity index (χ3n) is 4.47. The molecule has 6 heteroatoms. The molecule has 3 aromatic rings. The predicted molar refractivity (Wildman–Crippen MR) is 98.7 cm³/mol. The number of nitrogens with two attached hydrogens (primary N) is 1. The minimum absolute atomic E-state index is 0.148. The first-order valence-electron chi connectivity index (χ1n) is 8.50. The fraction of sp³-hybridized carbons (Fsp3) is 0.263. The first-order chi connectivity index (χ1) is 12.3. The van der Waals surface area contributed by atoms with E-state index >= 15 is 0 Å². The van der Waals surface area contributed by atoms with E-state index in [1.54, 1.807) is 0 Å². The smallest absolute Gasteiger partial charge is 0.189 e. The highest BCUT2D eigenvalue weighted by molar-refractivity contribution is 5.79. The molecule has 0 spiro atoms. The number of para-hydroxylation sites is 1. The lowest BCUT2D eigenvalue weighted by molar-refractivity contribution is 0.262. The molecule has 2 aromatic carbocycles. The number of hydrogen-bond donors (Lipinski definition) is 3. The molecule has 1 aliphatic rings. The van der Waals surface area contributed by atoms with E-state index in [-0.39, 0.29) is 6.04 Å². The van der Waals surface area contributed by atoms with Crippen LogP contribution in [0.25, 0.3) is 10.9 Å². The van der Waals surface area contributed by atoms with Crippen molar-refractivity contribution >= 4 is 16.9 Å². The lowest BCUT2D eigenvalue weighted by Crippen LogP contribution is -2.37. The standard InChI is InChI=1S/C19H21N5O/c20-19(23-16-8-10-25-18-4-2-1-3-15(16)18)21-9-7-13-5-6-14-12-22-24-17(14)11-13/h1-6,11-12,16H,7-10H2,(H,22,24)(H3,20,21,23). The van der Waals surface area contributed by atoms with E-state index in [9.17, 15) is 0 Å². The van der Waals surface area contributed by atoms with Gasteiger partial charge < -0.3 is 15.8 Å². The van der Waals surface area contributed by atoms with Crippen LogP contribution >= 0.6 is 0 Å². The van der Waals surface area contributed by atoms with E-state index in [4.69, 9.17) is 10.5 Å². The van der Waals surface area contributed by atoms with Crippen molar-refractivity contribution in [2.45, 2.75) is 18.9 Å². The third kappa shape index (κ3) is 3.42. The van der Waals surface area contributed by atoms with E-state index in [1.807, 2.05) is 24.4 Å². The first-order valence-corrected chi connectivity index (χ1v) is 8.50. The third-order valence-corrected chi connectivity index (χ3v) is 4.47. The number of ether oxygens (including phenoxy) is 1. The van der Waals surface area contributed by atoms with E-state index in [1.165, 1.54) is 5.56 Å². The molecular formula is C19H21N5O. The zero-order valence-corrected chi connectivity index (χ0v) is 13.9. The Bertz CT molecular complexity index is 901. The van der Waals surface area contributed by atoms with E-state index in [2.05, 4.69) is 44.8 Å². The van der Waals surface area contributed by atoms with Crippen molar-refractivity contribution in [3.05, 3.63) is 59.8 Å². The fourth-order valence-corrected chi connectivity index (χ4v) is 3.16. The molecule has 128 valence electrons. The topological polar surface area (TPSA) is 88.3 Å². The van der Waals surface area contributed by atoms with Crippen molar-refractivity contribution in [1.82, 2.24) is 15.5 Å². The summed E-state index contributed by atoms with van der Waals surface area (Å²) in [7, 11) is 0. The maximum absolute atomic E-state index is 6.08. The average molecular weight is 335 g/mol. The Morgan fingerprint density at radius 1 is 1.32 bits per heavy atom. The fourth-order valence-electron chi connectivity index (χ4n) is 3.16. The molecule has 1 atom stereocenters. The molecule has 0 radical (unpaired) electrons. The molecule has 0 amide bonds. The molecule has 0 saturated heterocycles. The van der Waals surface area contributed by atoms with Crippen LogP contribution in [-0.4, -0.2) is 29.3 Å². The van der Waals surface area contributed by atoms with Gasteiger partial charge in [-0.1, -0.05) is 30.3 Å². The molecule has 0 aliphatic carbocycles. The van der Waals surface area contributed by atoms with Crippen molar-refractivity contribution < 1.29 is 4.74 Å². The number of nitrogens with zero attached hydrogens (tertiary/aromatic N) is 2. The monoisotopic (exact) mass is 335 g/mol. The van der Waals surface area contributed by atoms with Crippen LogP contribution in [-0.2, 0) is 6.42 Å². The van der Waals surface area contributed by atoms with Gasteiger partial charge in [-0.25, -0.2) is 0 Å². The Kier molecular flexibility index (Phi) is 4.24. The van der Waals surface area contributed by atoms with Gasteiger partial charge in [0, 0.05) is 23.9 Å². The molecule has 4 N–H and O–H groups in total. The maximum Gasteiger partial charge on any atom is 0.189 e. The van der Waals surface area contributed by atoms with Crippen LogP contribution in [0.1, 0.15) is 23.6 Å². The number of aromatic amines is 1. The molecule has 4 rings (SSSR count). The van der Waals surface area contributed by atoms with Crippen LogP contribution < -0.4 is 15.8 Å². The van der Waals surface area contributed by atoms with Gasteiger partial charge in [-0.15, -0.1) is 0 Å². The van der Waals surface area contributed by atoms with E-state index < -0.39 is 0 Å². The van der Waals surface area contributed by atoms with Gasteiger partial charge in [0.2, 0.25) is 0 Å². The lowest BCUT2D eigenvalue weighted by Gasteiger charge is -2.26. The molecule has 1 aromatic heterocycles. The molecular weight excluding hydrogens is 314 g/mol. The van der Waals surface area contributed by atoms with Gasteiger partial charge in [-0.2, -0.15) is 5.10 Å². The van der Waals surface area contributed by atoms with Crippen LogP contribution in [0.2, 0.25) is 0 Å². The summed E-state index contributed by atoms with van der Waals surface area (Å²) < 4.78 is 5.67. The van der Waals surface area contributed by atoms with Gasteiger partial charge in [0.1, 0.15) is 5.75 Å². The first kappa shape index (κ1) is 15.5. The van der Waals surface area contributed by atoms with Gasteiger partial charge in [0.15, 0.2) is 5.96 Å². The van der Waals surface area contributed by atoms with Crippen molar-refractivity contribution in [2.24, 2.45) is 10.7 Å². The SMILES string of the molecule is NC(=NCCc1ccc2cn[nH]c2c1)NC1CCOc2ccccc21. The number of aliphatic imine (C=N–C) groups is 1. The van der Waals surface area contributed by atoms with E-state index in [0.29, 0.717) is 19.1 Å². The van der Waals surface area contributed by atoms with Gasteiger partial charge in [-0.3, -0.25) is 10.1 Å². The van der Waals surface area contributed by atoms with Gasteiger partial charge >= 0.3 is 0 Å². The summed E-state index contributed by atoms with van der Waals surface area (Å²) in [5.41, 5.74) is 9.48. The second kappa shape index (κ2) is 6.84. The van der Waals surface area contributed by atoms with Crippen LogP contribution in [0.5, 0.6) is 5.75 Å². The Hall–Kier alpha value is -3.02. The highest BCUT2D eigenvalue weighted by Crippen LogP contribution is 2.31. The minimum atomic E-state index is 0.148. The Labute approximate surface area is 146 Å². The van der Waals surface area contributed by atoms with Crippen LogP contribution in [0.4, 0.5) is 0 Å². The lowest BCUT2D eigenvalue weighted by atomic mass is 10.0. The number of benzene rings is 2.